The Morgan fingerprint density at radius 2 is 2.12 bits per heavy atom. The van der Waals surface area contributed by atoms with Crippen LogP contribution in [0.5, 0.6) is 5.75 Å². The van der Waals surface area contributed by atoms with Gasteiger partial charge in [0, 0.05) is 44.6 Å². The third kappa shape index (κ3) is 3.38. The van der Waals surface area contributed by atoms with Crippen LogP contribution >= 0.6 is 0 Å². The molecule has 0 saturated carbocycles. The molecule has 1 N–H and O–H groups in total. The first kappa shape index (κ1) is 16.4. The van der Waals surface area contributed by atoms with Gasteiger partial charge in [0.2, 0.25) is 0 Å². The van der Waals surface area contributed by atoms with Crippen LogP contribution in [0.15, 0.2) is 36.7 Å². The van der Waals surface area contributed by atoms with Crippen LogP contribution in [-0.4, -0.2) is 46.6 Å². The maximum absolute atomic E-state index is 12.8. The lowest BCUT2D eigenvalue weighted by atomic mass is 10.1. The van der Waals surface area contributed by atoms with Gasteiger partial charge in [0.15, 0.2) is 0 Å². The Labute approximate surface area is 138 Å². The van der Waals surface area contributed by atoms with Crippen LogP contribution in [0, 0.1) is 0 Å². The summed E-state index contributed by atoms with van der Waals surface area (Å²) in [6.45, 7) is -1.03. The van der Waals surface area contributed by atoms with Crippen LogP contribution in [0.25, 0.3) is 0 Å². The number of aryl methyl sites for hydroxylation is 1. The third-order valence-corrected chi connectivity index (χ3v) is 3.99. The molecule has 1 aliphatic heterocycles. The van der Waals surface area contributed by atoms with E-state index in [0.29, 0.717) is 25.2 Å². The number of nitrogens with one attached hydrogen (secondary N) is 1. The van der Waals surface area contributed by atoms with Gasteiger partial charge >= 0.3 is 6.61 Å². The SMILES string of the molecule is Cn1ccnc1C1CNCCN1C(=O)c1ccc(OC(F)F)cc1. The lowest BCUT2D eigenvalue weighted by Crippen LogP contribution is -2.49. The van der Waals surface area contributed by atoms with Gasteiger partial charge in [-0.3, -0.25) is 4.79 Å². The summed E-state index contributed by atoms with van der Waals surface area (Å²) in [5, 5.41) is 3.27. The van der Waals surface area contributed by atoms with Crippen LogP contribution in [0.4, 0.5) is 8.78 Å². The van der Waals surface area contributed by atoms with E-state index in [9.17, 15) is 13.6 Å². The Balaban J connectivity index is 1.80. The average molecular weight is 336 g/mol. The zero-order chi connectivity index (χ0) is 17.1. The van der Waals surface area contributed by atoms with E-state index in [-0.39, 0.29) is 17.7 Å². The quantitative estimate of drug-likeness (QED) is 0.925. The summed E-state index contributed by atoms with van der Waals surface area (Å²) in [4.78, 5) is 18.9. The Bertz CT molecular complexity index is 702. The number of imidazole rings is 1. The van der Waals surface area contributed by atoms with E-state index in [2.05, 4.69) is 15.0 Å². The van der Waals surface area contributed by atoms with Crippen molar-refractivity contribution in [1.82, 2.24) is 19.8 Å². The minimum Gasteiger partial charge on any atom is -0.435 e. The third-order valence-electron chi connectivity index (χ3n) is 3.99. The molecule has 0 aliphatic carbocycles. The predicted octanol–water partition coefficient (Wildman–Crippen LogP) is 1.81. The molecule has 6 nitrogen and oxygen atoms in total. The monoisotopic (exact) mass is 336 g/mol. The second kappa shape index (κ2) is 6.96. The number of piperazine rings is 1. The summed E-state index contributed by atoms with van der Waals surface area (Å²) in [6, 6.07) is 5.56. The molecular weight excluding hydrogens is 318 g/mol. The van der Waals surface area contributed by atoms with E-state index in [1.165, 1.54) is 24.3 Å². The van der Waals surface area contributed by atoms with Crippen LogP contribution in [0.2, 0.25) is 0 Å². The first-order valence-corrected chi connectivity index (χ1v) is 7.60. The first-order chi connectivity index (χ1) is 11.6. The number of amides is 1. The largest absolute Gasteiger partial charge is 0.435 e. The number of nitrogens with zero attached hydrogens (tertiary/aromatic N) is 3. The molecule has 1 fully saturated rings. The van der Waals surface area contributed by atoms with Crippen molar-refractivity contribution < 1.29 is 18.3 Å². The molecule has 1 aromatic carbocycles. The van der Waals surface area contributed by atoms with Gasteiger partial charge in [0.25, 0.3) is 5.91 Å². The van der Waals surface area contributed by atoms with Crippen molar-refractivity contribution in [3.05, 3.63) is 48.0 Å². The molecule has 1 amide bonds. The fraction of sp³-hybridized carbons (Fsp3) is 0.375. The van der Waals surface area contributed by atoms with Gasteiger partial charge in [-0.25, -0.2) is 4.98 Å². The van der Waals surface area contributed by atoms with Gasteiger partial charge in [-0.2, -0.15) is 8.78 Å². The zero-order valence-electron chi connectivity index (χ0n) is 13.2. The molecule has 24 heavy (non-hydrogen) atoms. The first-order valence-electron chi connectivity index (χ1n) is 7.60. The maximum atomic E-state index is 12.8. The van der Waals surface area contributed by atoms with Gasteiger partial charge in [-0.05, 0) is 24.3 Å². The molecule has 0 radical (unpaired) electrons. The number of hydrogen-bond donors (Lipinski definition) is 1. The average Bonchev–Trinajstić information content (AvgIpc) is 3.00. The lowest BCUT2D eigenvalue weighted by Gasteiger charge is -2.35. The second-order valence-electron chi connectivity index (χ2n) is 5.52. The molecule has 3 rings (SSSR count). The number of rotatable bonds is 4. The number of ether oxygens (including phenoxy) is 1. The fourth-order valence-electron chi connectivity index (χ4n) is 2.82. The number of aromatic nitrogens is 2. The minimum absolute atomic E-state index is 0.0301. The Kier molecular flexibility index (Phi) is 4.75. The number of hydrogen-bond acceptors (Lipinski definition) is 4. The standard InChI is InChI=1S/C16H18F2N4O2/c1-21-8-7-20-14(21)13-10-19-6-9-22(13)15(23)11-2-4-12(5-3-11)24-16(17)18/h2-5,7-8,13,16,19H,6,9-10H2,1H3. The Hall–Kier alpha value is -2.48. The summed E-state index contributed by atoms with van der Waals surface area (Å²) in [7, 11) is 1.88. The topological polar surface area (TPSA) is 59.4 Å². The van der Waals surface area contributed by atoms with Crippen molar-refractivity contribution in [3.63, 3.8) is 0 Å². The van der Waals surface area contributed by atoms with E-state index >= 15 is 0 Å². The minimum atomic E-state index is -2.88. The van der Waals surface area contributed by atoms with Crippen molar-refractivity contribution in [2.45, 2.75) is 12.7 Å². The summed E-state index contributed by atoms with van der Waals surface area (Å²) < 4.78 is 30.6. The summed E-state index contributed by atoms with van der Waals surface area (Å²) in [6.07, 6.45) is 3.53. The highest BCUT2D eigenvalue weighted by atomic mass is 19.3. The van der Waals surface area contributed by atoms with Crippen LogP contribution in [0.1, 0.15) is 22.2 Å². The van der Waals surface area contributed by atoms with Gasteiger partial charge in [0.1, 0.15) is 17.6 Å². The number of benzene rings is 1. The molecule has 0 spiro atoms. The summed E-state index contributed by atoms with van der Waals surface area (Å²) >= 11 is 0. The van der Waals surface area contributed by atoms with E-state index in [1.54, 1.807) is 11.1 Å². The van der Waals surface area contributed by atoms with Gasteiger partial charge in [-0.15, -0.1) is 0 Å². The Morgan fingerprint density at radius 1 is 1.38 bits per heavy atom. The smallest absolute Gasteiger partial charge is 0.387 e. The number of halogens is 2. The summed E-state index contributed by atoms with van der Waals surface area (Å²) in [5.41, 5.74) is 0.428. The van der Waals surface area contributed by atoms with Crippen molar-refractivity contribution >= 4 is 5.91 Å². The molecular formula is C16H18F2N4O2. The van der Waals surface area contributed by atoms with Crippen molar-refractivity contribution in [2.75, 3.05) is 19.6 Å². The van der Waals surface area contributed by atoms with Crippen molar-refractivity contribution in [2.24, 2.45) is 7.05 Å². The molecule has 2 heterocycles. The zero-order valence-corrected chi connectivity index (χ0v) is 13.2. The number of alkyl halides is 2. The molecule has 1 unspecified atom stereocenters. The molecule has 8 heteroatoms. The van der Waals surface area contributed by atoms with Crippen LogP contribution in [-0.2, 0) is 7.05 Å². The highest BCUT2D eigenvalue weighted by Gasteiger charge is 2.31. The Morgan fingerprint density at radius 3 is 2.75 bits per heavy atom. The normalized spacial score (nSPS) is 18.0. The predicted molar refractivity (Wildman–Crippen MR) is 82.9 cm³/mol. The van der Waals surface area contributed by atoms with Gasteiger partial charge in [0.05, 0.1) is 0 Å². The lowest BCUT2D eigenvalue weighted by molar-refractivity contribution is -0.0498. The second-order valence-corrected chi connectivity index (χ2v) is 5.52. The maximum Gasteiger partial charge on any atom is 0.387 e. The molecule has 1 saturated heterocycles. The number of carbonyl (C=O) groups excluding carboxylic acids is 1. The van der Waals surface area contributed by atoms with Crippen molar-refractivity contribution in [3.8, 4) is 5.75 Å². The highest BCUT2D eigenvalue weighted by molar-refractivity contribution is 5.94. The van der Waals surface area contributed by atoms with E-state index in [4.69, 9.17) is 0 Å². The molecule has 128 valence electrons. The van der Waals surface area contributed by atoms with Crippen LogP contribution < -0.4 is 10.1 Å². The van der Waals surface area contributed by atoms with Crippen molar-refractivity contribution in [1.29, 1.82) is 0 Å². The van der Waals surface area contributed by atoms with Gasteiger partial charge < -0.3 is 19.5 Å². The van der Waals surface area contributed by atoms with Crippen LogP contribution in [0.3, 0.4) is 0 Å². The fourth-order valence-corrected chi connectivity index (χ4v) is 2.82. The molecule has 1 aromatic heterocycles. The van der Waals surface area contributed by atoms with E-state index in [0.717, 1.165) is 5.82 Å². The summed E-state index contributed by atoms with van der Waals surface area (Å²) in [5.74, 6) is 0.670. The molecule has 0 bridgehead atoms. The number of carbonyl (C=O) groups is 1. The van der Waals surface area contributed by atoms with E-state index in [1.807, 2.05) is 17.8 Å². The van der Waals surface area contributed by atoms with E-state index < -0.39 is 6.61 Å². The van der Waals surface area contributed by atoms with Gasteiger partial charge in [-0.1, -0.05) is 0 Å². The highest BCUT2D eigenvalue weighted by Crippen LogP contribution is 2.24. The molecule has 2 aromatic rings. The molecule has 1 aliphatic rings. The molecule has 1 atom stereocenters.